The van der Waals surface area contributed by atoms with Crippen molar-refractivity contribution in [2.75, 3.05) is 0 Å². The highest BCUT2D eigenvalue weighted by Crippen LogP contribution is 2.42. The zero-order valence-electron chi connectivity index (χ0n) is 12.2. The third-order valence-corrected chi connectivity index (χ3v) is 5.55. The molecule has 0 saturated heterocycles. The van der Waals surface area contributed by atoms with Gasteiger partial charge in [0.05, 0.1) is 5.02 Å². The number of aromatic hydroxyl groups is 1. The molecule has 0 spiro atoms. The Bertz CT molecular complexity index is 1030. The van der Waals surface area contributed by atoms with Gasteiger partial charge in [-0.15, -0.1) is 0 Å². The molecule has 0 atom stereocenters. The first kappa shape index (κ1) is 14.4. The minimum atomic E-state index is 0.300. The van der Waals surface area contributed by atoms with Crippen LogP contribution < -0.4 is 0 Å². The molecule has 0 unspecified atom stereocenters. The van der Waals surface area contributed by atoms with E-state index in [0.29, 0.717) is 5.75 Å². The Hall–Kier alpha value is -2.16. The van der Waals surface area contributed by atoms with E-state index in [1.54, 1.807) is 17.8 Å². The second-order valence-electron chi connectivity index (χ2n) is 5.33. The Morgan fingerprint density at radius 2 is 1.39 bits per heavy atom. The second-order valence-corrected chi connectivity index (χ2v) is 6.79. The average Bonchev–Trinajstić information content (AvgIpc) is 2.60. The van der Waals surface area contributed by atoms with Crippen molar-refractivity contribution >= 4 is 44.9 Å². The summed E-state index contributed by atoms with van der Waals surface area (Å²) >= 11 is 8.10. The van der Waals surface area contributed by atoms with Gasteiger partial charge in [0.2, 0.25) is 0 Å². The van der Waals surface area contributed by atoms with Crippen LogP contribution in [0.3, 0.4) is 0 Å². The van der Waals surface area contributed by atoms with Gasteiger partial charge in [-0.05, 0) is 34.4 Å². The fraction of sp³-hybridized carbons (Fsp3) is 0. The number of rotatable bonds is 2. The van der Waals surface area contributed by atoms with Gasteiger partial charge in [-0.3, -0.25) is 0 Å². The Labute approximate surface area is 143 Å². The normalized spacial score (nSPS) is 11.2. The number of hydrogen-bond acceptors (Lipinski definition) is 2. The molecule has 0 saturated carbocycles. The lowest BCUT2D eigenvalue weighted by Gasteiger charge is -2.11. The highest BCUT2D eigenvalue weighted by atomic mass is 35.5. The topological polar surface area (TPSA) is 20.2 Å². The highest BCUT2D eigenvalue weighted by molar-refractivity contribution is 8.00. The summed E-state index contributed by atoms with van der Waals surface area (Å²) in [6.07, 6.45) is 0. The molecule has 0 aromatic heterocycles. The van der Waals surface area contributed by atoms with E-state index in [-0.39, 0.29) is 0 Å². The average molecular weight is 337 g/mol. The number of halogens is 1. The van der Waals surface area contributed by atoms with Gasteiger partial charge in [0, 0.05) is 15.2 Å². The molecule has 3 heteroatoms. The van der Waals surface area contributed by atoms with Gasteiger partial charge in [0.15, 0.2) is 0 Å². The molecule has 0 radical (unpaired) electrons. The van der Waals surface area contributed by atoms with Crippen LogP contribution in [0.15, 0.2) is 82.6 Å². The SMILES string of the molecule is Oc1ccc(Sc2c(Cl)ccc3ccccc23)c2ccccc12. The lowest BCUT2D eigenvalue weighted by atomic mass is 10.1. The summed E-state index contributed by atoms with van der Waals surface area (Å²) in [5.74, 6) is 0.300. The van der Waals surface area contributed by atoms with Crippen molar-refractivity contribution in [1.29, 1.82) is 0 Å². The highest BCUT2D eigenvalue weighted by Gasteiger charge is 2.11. The number of phenols is 1. The number of phenolic OH excluding ortho intramolecular Hbond substituents is 1. The summed E-state index contributed by atoms with van der Waals surface area (Å²) < 4.78 is 0. The third-order valence-electron chi connectivity index (χ3n) is 3.90. The smallest absolute Gasteiger partial charge is 0.123 e. The molecule has 23 heavy (non-hydrogen) atoms. The summed E-state index contributed by atoms with van der Waals surface area (Å²) in [6.45, 7) is 0. The van der Waals surface area contributed by atoms with Crippen molar-refractivity contribution in [2.45, 2.75) is 9.79 Å². The summed E-state index contributed by atoms with van der Waals surface area (Å²) in [5, 5.41) is 15.0. The second kappa shape index (κ2) is 5.80. The first-order valence-electron chi connectivity index (χ1n) is 7.30. The lowest BCUT2D eigenvalue weighted by Crippen LogP contribution is -1.83. The Morgan fingerprint density at radius 1 is 0.696 bits per heavy atom. The molecule has 0 bridgehead atoms. The van der Waals surface area contributed by atoms with E-state index in [9.17, 15) is 5.11 Å². The van der Waals surface area contributed by atoms with Crippen molar-refractivity contribution in [2.24, 2.45) is 0 Å². The maximum Gasteiger partial charge on any atom is 0.123 e. The molecule has 0 fully saturated rings. The van der Waals surface area contributed by atoms with Gasteiger partial charge < -0.3 is 5.11 Å². The van der Waals surface area contributed by atoms with Crippen molar-refractivity contribution in [3.63, 3.8) is 0 Å². The largest absolute Gasteiger partial charge is 0.507 e. The van der Waals surface area contributed by atoms with Crippen LogP contribution in [0.25, 0.3) is 21.5 Å². The molecule has 4 rings (SSSR count). The first-order valence-corrected chi connectivity index (χ1v) is 8.49. The van der Waals surface area contributed by atoms with E-state index >= 15 is 0 Å². The standard InChI is InChI=1S/C20H13ClOS/c21-17-10-9-13-5-1-2-6-14(13)20(17)23-19-12-11-18(22)15-7-3-4-8-16(15)19/h1-12,22H. The number of hydrogen-bond donors (Lipinski definition) is 1. The molecular weight excluding hydrogens is 324 g/mol. The molecule has 0 aliphatic rings. The van der Waals surface area contributed by atoms with Crippen LogP contribution in [0.4, 0.5) is 0 Å². The van der Waals surface area contributed by atoms with E-state index in [1.165, 1.54) is 5.39 Å². The van der Waals surface area contributed by atoms with Crippen LogP contribution in [-0.4, -0.2) is 5.11 Å². The number of benzene rings is 4. The predicted molar refractivity (Wildman–Crippen MR) is 98.7 cm³/mol. The maximum atomic E-state index is 10.1. The molecule has 1 nitrogen and oxygen atoms in total. The van der Waals surface area contributed by atoms with E-state index in [0.717, 1.165) is 31.0 Å². The third kappa shape index (κ3) is 2.54. The van der Waals surface area contributed by atoms with Crippen LogP contribution in [0.5, 0.6) is 5.75 Å². The molecule has 4 aromatic carbocycles. The zero-order valence-corrected chi connectivity index (χ0v) is 13.7. The molecule has 0 aliphatic carbocycles. The van der Waals surface area contributed by atoms with Crippen LogP contribution in [0, 0.1) is 0 Å². The maximum absolute atomic E-state index is 10.1. The van der Waals surface area contributed by atoms with E-state index in [1.807, 2.05) is 54.6 Å². The zero-order chi connectivity index (χ0) is 15.8. The van der Waals surface area contributed by atoms with Gasteiger partial charge in [0.25, 0.3) is 0 Å². The Morgan fingerprint density at radius 3 is 2.22 bits per heavy atom. The fourth-order valence-corrected chi connectivity index (χ4v) is 4.16. The molecule has 112 valence electrons. The minimum Gasteiger partial charge on any atom is -0.507 e. The van der Waals surface area contributed by atoms with Crippen molar-refractivity contribution in [3.05, 3.63) is 77.8 Å². The van der Waals surface area contributed by atoms with Gasteiger partial charge >= 0.3 is 0 Å². The van der Waals surface area contributed by atoms with Gasteiger partial charge in [-0.1, -0.05) is 78.0 Å². The van der Waals surface area contributed by atoms with Crippen molar-refractivity contribution in [3.8, 4) is 5.75 Å². The Balaban J connectivity index is 1.92. The van der Waals surface area contributed by atoms with Crippen LogP contribution in [0.1, 0.15) is 0 Å². The Kier molecular flexibility index (Phi) is 3.64. The van der Waals surface area contributed by atoms with Crippen molar-refractivity contribution in [1.82, 2.24) is 0 Å². The van der Waals surface area contributed by atoms with Gasteiger partial charge in [0.1, 0.15) is 5.75 Å². The lowest BCUT2D eigenvalue weighted by molar-refractivity contribution is 0.481. The molecule has 0 heterocycles. The molecule has 1 N–H and O–H groups in total. The quantitative estimate of drug-likeness (QED) is 0.450. The van der Waals surface area contributed by atoms with Crippen molar-refractivity contribution < 1.29 is 5.11 Å². The van der Waals surface area contributed by atoms with Gasteiger partial charge in [-0.25, -0.2) is 0 Å². The molecule has 0 amide bonds. The van der Waals surface area contributed by atoms with Gasteiger partial charge in [-0.2, -0.15) is 0 Å². The molecular formula is C20H13ClOS. The predicted octanol–water partition coefficient (Wildman–Crippen LogP) is 6.50. The summed E-state index contributed by atoms with van der Waals surface area (Å²) in [6, 6.07) is 23.8. The fourth-order valence-electron chi connectivity index (χ4n) is 2.77. The minimum absolute atomic E-state index is 0.300. The molecule has 4 aromatic rings. The summed E-state index contributed by atoms with van der Waals surface area (Å²) in [5.41, 5.74) is 0. The van der Waals surface area contributed by atoms with Crippen LogP contribution in [-0.2, 0) is 0 Å². The van der Waals surface area contributed by atoms with Crippen LogP contribution >= 0.6 is 23.4 Å². The van der Waals surface area contributed by atoms with E-state index < -0.39 is 0 Å². The van der Waals surface area contributed by atoms with E-state index in [4.69, 9.17) is 11.6 Å². The number of fused-ring (bicyclic) bond motifs is 2. The van der Waals surface area contributed by atoms with E-state index in [2.05, 4.69) is 12.1 Å². The van der Waals surface area contributed by atoms with Crippen LogP contribution in [0.2, 0.25) is 5.02 Å². The summed E-state index contributed by atoms with van der Waals surface area (Å²) in [4.78, 5) is 2.12. The first-order chi connectivity index (χ1) is 11.2. The molecule has 0 aliphatic heterocycles. The monoisotopic (exact) mass is 336 g/mol. The summed E-state index contributed by atoms with van der Waals surface area (Å²) in [7, 11) is 0.